The van der Waals surface area contributed by atoms with Crippen molar-refractivity contribution in [3.8, 4) is 11.5 Å². The predicted octanol–water partition coefficient (Wildman–Crippen LogP) is 4.88. The molecule has 31 heavy (non-hydrogen) atoms. The third-order valence-corrected chi connectivity index (χ3v) is 5.36. The number of amides is 2. The molecule has 2 amide bonds. The van der Waals surface area contributed by atoms with Crippen LogP contribution in [0.1, 0.15) is 26.4 Å². The summed E-state index contributed by atoms with van der Waals surface area (Å²) in [5.41, 5.74) is 7.25. The highest BCUT2D eigenvalue weighted by Gasteiger charge is 2.22. The average Bonchev–Trinajstić information content (AvgIpc) is 3.24. The van der Waals surface area contributed by atoms with Gasteiger partial charge in [0, 0.05) is 16.0 Å². The van der Waals surface area contributed by atoms with Crippen LogP contribution in [-0.4, -0.2) is 16.8 Å². The second kappa shape index (κ2) is 9.32. The zero-order valence-corrected chi connectivity index (χ0v) is 17.5. The van der Waals surface area contributed by atoms with Gasteiger partial charge < -0.3 is 4.42 Å². The monoisotopic (exact) mass is 429 g/mol. The molecule has 154 valence electrons. The number of carbonyl (C=O) groups is 2. The van der Waals surface area contributed by atoms with E-state index < -0.39 is 11.8 Å². The average molecular weight is 430 g/mol. The van der Waals surface area contributed by atoms with Crippen LogP contribution in [-0.2, 0) is 0 Å². The normalized spacial score (nSPS) is 10.5. The van der Waals surface area contributed by atoms with E-state index in [1.165, 1.54) is 11.8 Å². The minimum absolute atomic E-state index is 0.0952. The molecule has 3 aromatic carbocycles. The molecule has 0 bridgehead atoms. The summed E-state index contributed by atoms with van der Waals surface area (Å²) in [6.45, 7) is 2.00. The lowest BCUT2D eigenvalue weighted by Crippen LogP contribution is -2.41. The van der Waals surface area contributed by atoms with Crippen molar-refractivity contribution < 1.29 is 14.0 Å². The standard InChI is InChI=1S/C24H19N3O3S/c1-16-12-14-19(15-13-16)31-24-20(25-23(30-24)18-10-6-3-7-11-18)22(29)27-26-21(28)17-8-4-2-5-9-17/h2-15H,1H3,(H,26,28)(H,27,29). The lowest BCUT2D eigenvalue weighted by Gasteiger charge is -2.06. The fourth-order valence-corrected chi connectivity index (χ4v) is 3.61. The molecule has 4 aromatic rings. The number of benzene rings is 3. The number of rotatable bonds is 5. The Labute approximate surface area is 183 Å². The van der Waals surface area contributed by atoms with E-state index in [0.717, 1.165) is 16.0 Å². The van der Waals surface area contributed by atoms with Crippen LogP contribution in [0, 0.1) is 6.92 Å². The van der Waals surface area contributed by atoms with Gasteiger partial charge in [-0.15, -0.1) is 0 Å². The van der Waals surface area contributed by atoms with Gasteiger partial charge in [-0.1, -0.05) is 54.1 Å². The molecule has 0 aliphatic heterocycles. The molecule has 0 spiro atoms. The first-order valence-electron chi connectivity index (χ1n) is 9.56. The van der Waals surface area contributed by atoms with Crippen LogP contribution >= 0.6 is 11.8 Å². The molecule has 7 heteroatoms. The molecule has 0 saturated carbocycles. The minimum Gasteiger partial charge on any atom is -0.429 e. The van der Waals surface area contributed by atoms with E-state index in [2.05, 4.69) is 15.8 Å². The predicted molar refractivity (Wildman–Crippen MR) is 119 cm³/mol. The third kappa shape index (κ3) is 5.02. The molecule has 0 aliphatic carbocycles. The summed E-state index contributed by atoms with van der Waals surface area (Å²) in [7, 11) is 0. The SMILES string of the molecule is Cc1ccc(Sc2oc(-c3ccccc3)nc2C(=O)NNC(=O)c2ccccc2)cc1. The molecule has 0 fully saturated rings. The molecule has 0 radical (unpaired) electrons. The van der Waals surface area contributed by atoms with Crippen LogP contribution in [0.5, 0.6) is 0 Å². The highest BCUT2D eigenvalue weighted by Crippen LogP contribution is 2.34. The van der Waals surface area contributed by atoms with E-state index in [-0.39, 0.29) is 5.69 Å². The topological polar surface area (TPSA) is 84.2 Å². The van der Waals surface area contributed by atoms with Gasteiger partial charge in [-0.25, -0.2) is 4.98 Å². The number of oxazole rings is 1. The number of nitrogens with one attached hydrogen (secondary N) is 2. The summed E-state index contributed by atoms with van der Waals surface area (Å²) in [4.78, 5) is 30.4. The summed E-state index contributed by atoms with van der Waals surface area (Å²) < 4.78 is 5.93. The van der Waals surface area contributed by atoms with Gasteiger partial charge in [0.05, 0.1) is 0 Å². The zero-order chi connectivity index (χ0) is 21.6. The molecule has 0 aliphatic rings. The highest BCUT2D eigenvalue weighted by atomic mass is 32.2. The summed E-state index contributed by atoms with van der Waals surface area (Å²) in [5, 5.41) is 0.342. The molecular formula is C24H19N3O3S. The van der Waals surface area contributed by atoms with Crippen molar-refractivity contribution in [3.05, 3.63) is 102 Å². The van der Waals surface area contributed by atoms with Crippen LogP contribution in [0.25, 0.3) is 11.5 Å². The van der Waals surface area contributed by atoms with Gasteiger partial charge in [0.15, 0.2) is 10.8 Å². The fourth-order valence-electron chi connectivity index (χ4n) is 2.77. The maximum Gasteiger partial charge on any atom is 0.292 e. The second-order valence-corrected chi connectivity index (χ2v) is 7.76. The van der Waals surface area contributed by atoms with Gasteiger partial charge in [-0.05, 0) is 55.1 Å². The molecule has 0 atom stereocenters. The van der Waals surface area contributed by atoms with Gasteiger partial charge >= 0.3 is 0 Å². The van der Waals surface area contributed by atoms with Crippen molar-refractivity contribution in [2.75, 3.05) is 0 Å². The minimum atomic E-state index is -0.565. The first kappa shape index (κ1) is 20.4. The number of hydrogen-bond donors (Lipinski definition) is 2. The zero-order valence-electron chi connectivity index (χ0n) is 16.7. The molecule has 4 rings (SSSR count). The van der Waals surface area contributed by atoms with Crippen molar-refractivity contribution in [2.45, 2.75) is 16.9 Å². The van der Waals surface area contributed by atoms with Crippen LogP contribution in [0.3, 0.4) is 0 Å². The maximum absolute atomic E-state index is 12.8. The van der Waals surface area contributed by atoms with E-state index in [4.69, 9.17) is 4.42 Å². The Bertz CT molecular complexity index is 1190. The van der Waals surface area contributed by atoms with E-state index >= 15 is 0 Å². The molecule has 1 aromatic heterocycles. The lowest BCUT2D eigenvalue weighted by molar-refractivity contribution is 0.0841. The van der Waals surface area contributed by atoms with Crippen LogP contribution in [0.15, 0.2) is 99.3 Å². The Morgan fingerprint density at radius 3 is 2.10 bits per heavy atom. The Balaban J connectivity index is 1.58. The van der Waals surface area contributed by atoms with Gasteiger partial charge in [0.25, 0.3) is 11.8 Å². The summed E-state index contributed by atoms with van der Waals surface area (Å²) in [5.74, 6) is -0.659. The molecular weight excluding hydrogens is 410 g/mol. The summed E-state index contributed by atoms with van der Waals surface area (Å²) in [6.07, 6.45) is 0. The number of carbonyl (C=O) groups excluding carboxylic acids is 2. The molecule has 0 unspecified atom stereocenters. The fraction of sp³-hybridized carbons (Fsp3) is 0.0417. The quantitative estimate of drug-likeness (QED) is 0.442. The number of aromatic nitrogens is 1. The Hall–Kier alpha value is -3.84. The lowest BCUT2D eigenvalue weighted by atomic mass is 10.2. The second-order valence-electron chi connectivity index (χ2n) is 6.71. The first-order valence-corrected chi connectivity index (χ1v) is 10.4. The highest BCUT2D eigenvalue weighted by molar-refractivity contribution is 7.99. The van der Waals surface area contributed by atoms with Crippen LogP contribution in [0.2, 0.25) is 0 Å². The molecule has 1 heterocycles. The van der Waals surface area contributed by atoms with Gasteiger partial charge in [0.1, 0.15) is 0 Å². The maximum atomic E-state index is 12.8. The van der Waals surface area contributed by atoms with Crippen LogP contribution in [0.4, 0.5) is 0 Å². The van der Waals surface area contributed by atoms with Gasteiger partial charge in [-0.3, -0.25) is 20.4 Å². The van der Waals surface area contributed by atoms with Crippen molar-refractivity contribution in [3.63, 3.8) is 0 Å². The van der Waals surface area contributed by atoms with E-state index in [1.54, 1.807) is 24.3 Å². The van der Waals surface area contributed by atoms with E-state index in [1.807, 2.05) is 67.6 Å². The van der Waals surface area contributed by atoms with E-state index in [9.17, 15) is 9.59 Å². The number of hydrogen-bond acceptors (Lipinski definition) is 5. The number of hydrazine groups is 1. The van der Waals surface area contributed by atoms with Crippen LogP contribution < -0.4 is 10.9 Å². The van der Waals surface area contributed by atoms with Gasteiger partial charge in [-0.2, -0.15) is 0 Å². The van der Waals surface area contributed by atoms with E-state index in [0.29, 0.717) is 16.5 Å². The van der Waals surface area contributed by atoms with Crippen molar-refractivity contribution >= 4 is 23.6 Å². The Kier molecular flexibility index (Phi) is 6.14. The molecule has 6 nitrogen and oxygen atoms in total. The third-order valence-electron chi connectivity index (χ3n) is 4.39. The molecule has 0 saturated heterocycles. The number of nitrogens with zero attached hydrogens (tertiary/aromatic N) is 1. The molecule has 2 N–H and O–H groups in total. The largest absolute Gasteiger partial charge is 0.429 e. The van der Waals surface area contributed by atoms with Crippen molar-refractivity contribution in [2.24, 2.45) is 0 Å². The Morgan fingerprint density at radius 1 is 0.806 bits per heavy atom. The number of aryl methyl sites for hydroxylation is 1. The summed E-state index contributed by atoms with van der Waals surface area (Å²) >= 11 is 1.29. The Morgan fingerprint density at radius 2 is 1.42 bits per heavy atom. The van der Waals surface area contributed by atoms with Gasteiger partial charge in [0.2, 0.25) is 5.89 Å². The smallest absolute Gasteiger partial charge is 0.292 e. The van der Waals surface area contributed by atoms with Crippen molar-refractivity contribution in [1.29, 1.82) is 0 Å². The van der Waals surface area contributed by atoms with Crippen molar-refractivity contribution in [1.82, 2.24) is 15.8 Å². The first-order chi connectivity index (χ1) is 15.1. The summed E-state index contributed by atoms with van der Waals surface area (Å²) in [6, 6.07) is 25.8.